The van der Waals surface area contributed by atoms with Crippen LogP contribution in [0.2, 0.25) is 0 Å². The Balaban J connectivity index is 2.42. The number of aliphatic imine (C=N–C) groups is 1. The fraction of sp³-hybridized carbons (Fsp3) is 0.556. The summed E-state index contributed by atoms with van der Waals surface area (Å²) in [5.41, 5.74) is 0.677. The van der Waals surface area contributed by atoms with Crippen molar-refractivity contribution in [2.75, 3.05) is 0 Å². The molecule has 0 aromatic carbocycles. The summed E-state index contributed by atoms with van der Waals surface area (Å²) in [4.78, 5) is 14.1. The van der Waals surface area contributed by atoms with E-state index in [0.717, 1.165) is 29.6 Å². The van der Waals surface area contributed by atoms with Gasteiger partial charge in [-0.15, -0.1) is 0 Å². The summed E-state index contributed by atoms with van der Waals surface area (Å²) in [5, 5.41) is 4.20. The number of hydrogen-bond acceptors (Lipinski definition) is 3. The molecule has 1 heterocycles. The van der Waals surface area contributed by atoms with Gasteiger partial charge < -0.3 is 0 Å². The van der Waals surface area contributed by atoms with Crippen LogP contribution in [-0.2, 0) is 16.9 Å². The number of carbonyl (C=O) groups excluding carboxylic acids is 1. The van der Waals surface area contributed by atoms with E-state index in [1.165, 1.54) is 0 Å². The monoisotopic (exact) mass is 255 g/mol. The van der Waals surface area contributed by atoms with Crippen molar-refractivity contribution in [2.45, 2.75) is 31.8 Å². The van der Waals surface area contributed by atoms with Crippen LogP contribution < -0.4 is 0 Å². The lowest BCUT2D eigenvalue weighted by Gasteiger charge is -2.05. The first-order chi connectivity index (χ1) is 6.73. The largest absolute Gasteiger partial charge is 0.258 e. The molecule has 14 heavy (non-hydrogen) atoms. The number of hydrogen-bond donors (Lipinski definition) is 0. The average molecular weight is 256 g/mol. The summed E-state index contributed by atoms with van der Waals surface area (Å²) >= 11 is 3.47. The minimum absolute atomic E-state index is 0.325. The predicted octanol–water partition coefficient (Wildman–Crippen LogP) is 1.99. The van der Waals surface area contributed by atoms with Crippen LogP contribution in [-0.4, -0.2) is 15.9 Å². The molecule has 4 nitrogen and oxygen atoms in total. The van der Waals surface area contributed by atoms with E-state index in [9.17, 15) is 4.79 Å². The van der Waals surface area contributed by atoms with Crippen molar-refractivity contribution >= 4 is 22.0 Å². The number of aryl methyl sites for hydroxylation is 1. The first-order valence-corrected chi connectivity index (χ1v) is 5.33. The summed E-state index contributed by atoms with van der Waals surface area (Å²) in [6.07, 6.45) is 5.25. The Hall–Kier alpha value is -0.930. The summed E-state index contributed by atoms with van der Waals surface area (Å²) in [6, 6.07) is 0. The highest BCUT2D eigenvalue weighted by molar-refractivity contribution is 9.10. The van der Waals surface area contributed by atoms with Crippen molar-refractivity contribution in [3.63, 3.8) is 0 Å². The highest BCUT2D eigenvalue weighted by atomic mass is 79.9. The summed E-state index contributed by atoms with van der Waals surface area (Å²) < 4.78 is 2.77. The first-order valence-electron chi connectivity index (χ1n) is 4.54. The molecule has 0 N–H and O–H groups in total. The van der Waals surface area contributed by atoms with Crippen LogP contribution in [0.15, 0.2) is 15.8 Å². The molecule has 0 bridgehead atoms. The molecule has 1 aliphatic rings. The molecule has 5 heteroatoms. The average Bonchev–Trinajstić information content (AvgIpc) is 2.84. The van der Waals surface area contributed by atoms with Crippen LogP contribution in [0.4, 0.5) is 0 Å². The van der Waals surface area contributed by atoms with Crippen LogP contribution >= 0.6 is 15.9 Å². The normalized spacial score (nSPS) is 17.6. The maximum absolute atomic E-state index is 10.3. The van der Waals surface area contributed by atoms with Crippen molar-refractivity contribution in [1.29, 1.82) is 0 Å². The lowest BCUT2D eigenvalue weighted by molar-refractivity contribution is 0.556. The van der Waals surface area contributed by atoms with E-state index in [1.54, 1.807) is 12.3 Å². The third-order valence-corrected chi connectivity index (χ3v) is 3.40. The molecule has 74 valence electrons. The standard InChI is InChI=1S/C9H10BrN3O/c1-2-13-8(10)7(5-12-13)9(3-4-9)11-6-14/h5H,2-4H2,1H3. The van der Waals surface area contributed by atoms with Crippen molar-refractivity contribution < 1.29 is 4.79 Å². The van der Waals surface area contributed by atoms with Crippen LogP contribution in [0.25, 0.3) is 0 Å². The molecule has 0 spiro atoms. The molecule has 0 radical (unpaired) electrons. The lowest BCUT2D eigenvalue weighted by Crippen LogP contribution is -2.03. The summed E-state index contributed by atoms with van der Waals surface area (Å²) in [7, 11) is 0. The van der Waals surface area contributed by atoms with E-state index in [0.29, 0.717) is 0 Å². The molecular weight excluding hydrogens is 246 g/mol. The zero-order chi connectivity index (χ0) is 10.2. The van der Waals surface area contributed by atoms with Gasteiger partial charge in [0, 0.05) is 12.1 Å². The van der Waals surface area contributed by atoms with E-state index in [-0.39, 0.29) is 5.54 Å². The molecule has 0 aliphatic heterocycles. The van der Waals surface area contributed by atoms with Gasteiger partial charge in [0.25, 0.3) is 0 Å². The van der Waals surface area contributed by atoms with E-state index < -0.39 is 0 Å². The van der Waals surface area contributed by atoms with E-state index >= 15 is 0 Å². The fourth-order valence-corrected chi connectivity index (χ4v) is 2.36. The highest BCUT2D eigenvalue weighted by Crippen LogP contribution is 2.51. The zero-order valence-corrected chi connectivity index (χ0v) is 9.41. The molecule has 1 aliphatic carbocycles. The Labute approximate surface area is 90.1 Å². The number of aromatic nitrogens is 2. The Morgan fingerprint density at radius 2 is 2.50 bits per heavy atom. The third kappa shape index (κ3) is 1.33. The molecule has 1 aromatic heterocycles. The molecule has 1 aromatic rings. The van der Waals surface area contributed by atoms with Gasteiger partial charge in [-0.25, -0.2) is 4.79 Å². The van der Waals surface area contributed by atoms with Crippen molar-refractivity contribution in [3.05, 3.63) is 16.4 Å². The van der Waals surface area contributed by atoms with Gasteiger partial charge in [-0.05, 0) is 35.7 Å². The molecular formula is C9H10BrN3O. The number of nitrogens with zero attached hydrogens (tertiary/aromatic N) is 3. The SMILES string of the molecule is CCn1ncc(C2(N=C=O)CC2)c1Br. The topological polar surface area (TPSA) is 47.2 Å². The van der Waals surface area contributed by atoms with E-state index in [2.05, 4.69) is 26.0 Å². The number of halogens is 1. The van der Waals surface area contributed by atoms with Crippen LogP contribution in [0, 0.1) is 0 Å². The van der Waals surface area contributed by atoms with Gasteiger partial charge in [0.2, 0.25) is 6.08 Å². The summed E-state index contributed by atoms with van der Waals surface area (Å²) in [6.45, 7) is 2.82. The van der Waals surface area contributed by atoms with E-state index in [4.69, 9.17) is 0 Å². The molecule has 2 rings (SSSR count). The van der Waals surface area contributed by atoms with Gasteiger partial charge in [-0.3, -0.25) is 4.68 Å². The Bertz CT molecular complexity index is 402. The Kier molecular flexibility index (Phi) is 2.29. The minimum Gasteiger partial charge on any atom is -0.258 e. The fourth-order valence-electron chi connectivity index (χ4n) is 1.55. The molecule has 1 saturated carbocycles. The smallest absolute Gasteiger partial charge is 0.235 e. The van der Waals surface area contributed by atoms with Gasteiger partial charge in [-0.1, -0.05) is 0 Å². The van der Waals surface area contributed by atoms with Crippen molar-refractivity contribution in [1.82, 2.24) is 9.78 Å². The second-order valence-corrected chi connectivity index (χ2v) is 4.15. The molecule has 0 saturated heterocycles. The van der Waals surface area contributed by atoms with Gasteiger partial charge >= 0.3 is 0 Å². The van der Waals surface area contributed by atoms with Gasteiger partial charge in [-0.2, -0.15) is 10.1 Å². The maximum Gasteiger partial charge on any atom is 0.235 e. The van der Waals surface area contributed by atoms with Gasteiger partial charge in [0.05, 0.1) is 6.20 Å². The quantitative estimate of drug-likeness (QED) is 0.613. The number of isocyanates is 1. The highest BCUT2D eigenvalue weighted by Gasteiger charge is 2.47. The molecule has 0 unspecified atom stereocenters. The van der Waals surface area contributed by atoms with Crippen LogP contribution in [0.3, 0.4) is 0 Å². The predicted molar refractivity (Wildman–Crippen MR) is 54.6 cm³/mol. The van der Waals surface area contributed by atoms with Gasteiger partial charge in [0.1, 0.15) is 10.1 Å². The van der Waals surface area contributed by atoms with Crippen LogP contribution in [0.1, 0.15) is 25.3 Å². The van der Waals surface area contributed by atoms with Gasteiger partial charge in [0.15, 0.2) is 0 Å². The van der Waals surface area contributed by atoms with Crippen LogP contribution in [0.5, 0.6) is 0 Å². The van der Waals surface area contributed by atoms with E-state index in [1.807, 2.05) is 11.6 Å². The second kappa shape index (κ2) is 3.33. The molecule has 0 amide bonds. The minimum atomic E-state index is -0.325. The van der Waals surface area contributed by atoms with Crippen molar-refractivity contribution in [3.8, 4) is 0 Å². The maximum atomic E-state index is 10.3. The second-order valence-electron chi connectivity index (χ2n) is 3.40. The molecule has 1 fully saturated rings. The Morgan fingerprint density at radius 1 is 1.79 bits per heavy atom. The molecule has 0 atom stereocenters. The zero-order valence-electron chi connectivity index (χ0n) is 7.83. The Morgan fingerprint density at radius 3 is 2.93 bits per heavy atom. The first kappa shape index (κ1) is 9.62. The third-order valence-electron chi connectivity index (χ3n) is 2.56. The van der Waals surface area contributed by atoms with Crippen molar-refractivity contribution in [2.24, 2.45) is 4.99 Å². The summed E-state index contributed by atoms with van der Waals surface area (Å²) in [5.74, 6) is 0. The lowest BCUT2D eigenvalue weighted by atomic mass is 10.1. The number of rotatable bonds is 3.